The quantitative estimate of drug-likeness (QED) is 0.901. The van der Waals surface area contributed by atoms with E-state index < -0.39 is 21.8 Å². The van der Waals surface area contributed by atoms with E-state index >= 15 is 0 Å². The molecule has 3 nitrogen and oxygen atoms in total. The van der Waals surface area contributed by atoms with Crippen LogP contribution in [0.15, 0.2) is 48.5 Å². The van der Waals surface area contributed by atoms with Gasteiger partial charge in [-0.1, -0.05) is 48.0 Å². The Morgan fingerprint density at radius 1 is 1.00 bits per heavy atom. The van der Waals surface area contributed by atoms with Crippen molar-refractivity contribution in [3.05, 3.63) is 70.8 Å². The Morgan fingerprint density at radius 2 is 1.65 bits per heavy atom. The lowest BCUT2D eigenvalue weighted by Gasteiger charge is -2.10. The van der Waals surface area contributed by atoms with E-state index in [0.717, 1.165) is 17.7 Å². The first kappa shape index (κ1) is 17.5. The third-order valence-corrected chi connectivity index (χ3v) is 4.53. The molecule has 0 saturated heterocycles. The third kappa shape index (κ3) is 5.37. The zero-order valence-electron chi connectivity index (χ0n) is 12.4. The number of alkyl halides is 3. The highest BCUT2D eigenvalue weighted by atomic mass is 32.2. The maximum atomic E-state index is 12.6. The summed E-state index contributed by atoms with van der Waals surface area (Å²) in [6.07, 6.45) is -4.45. The zero-order chi connectivity index (χ0) is 17.1. The van der Waals surface area contributed by atoms with Crippen LogP contribution < -0.4 is 4.72 Å². The summed E-state index contributed by atoms with van der Waals surface area (Å²) < 4.78 is 64.2. The molecule has 0 heterocycles. The number of sulfonamides is 1. The van der Waals surface area contributed by atoms with Gasteiger partial charge in [-0.15, -0.1) is 0 Å². The molecule has 0 saturated carbocycles. The molecule has 0 aliphatic heterocycles. The van der Waals surface area contributed by atoms with Crippen LogP contribution in [0.5, 0.6) is 0 Å². The second kappa shape index (κ2) is 6.72. The van der Waals surface area contributed by atoms with Crippen LogP contribution in [0.3, 0.4) is 0 Å². The largest absolute Gasteiger partial charge is 0.416 e. The molecule has 2 aromatic rings. The second-order valence-corrected chi connectivity index (χ2v) is 7.07. The Morgan fingerprint density at radius 3 is 2.26 bits per heavy atom. The van der Waals surface area contributed by atoms with Crippen molar-refractivity contribution in [3.8, 4) is 0 Å². The molecular formula is C16H16F3NO2S. The average Bonchev–Trinajstić information content (AvgIpc) is 2.47. The topological polar surface area (TPSA) is 46.2 Å². The van der Waals surface area contributed by atoms with Gasteiger partial charge in [0.05, 0.1) is 11.3 Å². The summed E-state index contributed by atoms with van der Waals surface area (Å²) in [5.74, 6) is -0.216. The van der Waals surface area contributed by atoms with Crippen LogP contribution in [0.1, 0.15) is 22.3 Å². The van der Waals surface area contributed by atoms with Crippen LogP contribution >= 0.6 is 0 Å². The number of halogens is 3. The molecule has 0 fully saturated rings. The van der Waals surface area contributed by atoms with Gasteiger partial charge in [0.1, 0.15) is 0 Å². The summed E-state index contributed by atoms with van der Waals surface area (Å²) in [4.78, 5) is 0. The van der Waals surface area contributed by atoms with Gasteiger partial charge in [-0.3, -0.25) is 0 Å². The van der Waals surface area contributed by atoms with Crippen LogP contribution in [0.2, 0.25) is 0 Å². The lowest BCUT2D eigenvalue weighted by atomic mass is 10.1. The number of benzene rings is 2. The number of rotatable bonds is 5. The summed E-state index contributed by atoms with van der Waals surface area (Å²) in [5, 5.41) is 0. The molecule has 0 unspecified atom stereocenters. The normalized spacial score (nSPS) is 12.3. The van der Waals surface area contributed by atoms with Gasteiger partial charge < -0.3 is 0 Å². The summed E-state index contributed by atoms with van der Waals surface area (Å²) in [6, 6.07) is 11.6. The smallest absolute Gasteiger partial charge is 0.212 e. The fourth-order valence-electron chi connectivity index (χ4n) is 2.01. The Bertz CT molecular complexity index is 769. The fourth-order valence-corrected chi connectivity index (χ4v) is 3.13. The highest BCUT2D eigenvalue weighted by Crippen LogP contribution is 2.29. The molecular weight excluding hydrogens is 327 g/mol. The Labute approximate surface area is 133 Å². The maximum absolute atomic E-state index is 12.6. The van der Waals surface area contributed by atoms with Gasteiger partial charge in [-0.2, -0.15) is 13.2 Å². The molecule has 0 atom stereocenters. The molecule has 0 aromatic heterocycles. The SMILES string of the molecule is Cc1ccc(CS(=O)(=O)NCc2cccc(C(F)(F)F)c2)cc1. The van der Waals surface area contributed by atoms with Crippen molar-refractivity contribution < 1.29 is 21.6 Å². The van der Waals surface area contributed by atoms with Gasteiger partial charge in [-0.05, 0) is 24.1 Å². The minimum absolute atomic E-state index is 0.182. The standard InChI is InChI=1S/C16H16F3NO2S/c1-12-5-7-13(8-6-12)11-23(21,22)20-10-14-3-2-4-15(9-14)16(17,18)19/h2-9,20H,10-11H2,1H3. The highest BCUT2D eigenvalue weighted by molar-refractivity contribution is 7.88. The van der Waals surface area contributed by atoms with Crippen molar-refractivity contribution in [3.63, 3.8) is 0 Å². The number of hydrogen-bond acceptors (Lipinski definition) is 2. The van der Waals surface area contributed by atoms with Crippen molar-refractivity contribution in [1.29, 1.82) is 0 Å². The van der Waals surface area contributed by atoms with Crippen LogP contribution in [-0.2, 0) is 28.5 Å². The van der Waals surface area contributed by atoms with Crippen molar-refractivity contribution in [2.24, 2.45) is 0 Å². The minimum Gasteiger partial charge on any atom is -0.212 e. The van der Waals surface area contributed by atoms with Gasteiger partial charge in [0.2, 0.25) is 10.0 Å². The van der Waals surface area contributed by atoms with E-state index in [9.17, 15) is 21.6 Å². The van der Waals surface area contributed by atoms with Crippen molar-refractivity contribution in [2.45, 2.75) is 25.4 Å². The van der Waals surface area contributed by atoms with Crippen molar-refractivity contribution in [2.75, 3.05) is 0 Å². The number of aryl methyl sites for hydroxylation is 1. The first-order valence-electron chi connectivity index (χ1n) is 6.85. The van der Waals surface area contributed by atoms with E-state index in [4.69, 9.17) is 0 Å². The van der Waals surface area contributed by atoms with E-state index in [-0.39, 0.29) is 17.9 Å². The molecule has 0 radical (unpaired) electrons. The summed E-state index contributed by atoms with van der Waals surface area (Å²) in [7, 11) is -3.63. The van der Waals surface area contributed by atoms with Gasteiger partial charge in [0.25, 0.3) is 0 Å². The predicted octanol–water partition coefficient (Wildman–Crippen LogP) is 3.63. The van der Waals surface area contributed by atoms with E-state index in [1.165, 1.54) is 12.1 Å². The number of hydrogen-bond donors (Lipinski definition) is 1. The molecule has 23 heavy (non-hydrogen) atoms. The average molecular weight is 343 g/mol. The summed E-state index contributed by atoms with van der Waals surface area (Å²) in [5.41, 5.74) is 1.09. The summed E-state index contributed by atoms with van der Waals surface area (Å²) >= 11 is 0. The molecule has 0 spiro atoms. The van der Waals surface area contributed by atoms with Gasteiger partial charge in [-0.25, -0.2) is 13.1 Å². The number of nitrogens with one attached hydrogen (secondary N) is 1. The Kier molecular flexibility index (Phi) is 5.11. The van der Waals surface area contributed by atoms with Crippen LogP contribution in [-0.4, -0.2) is 8.42 Å². The molecule has 0 aliphatic carbocycles. The van der Waals surface area contributed by atoms with E-state index in [0.29, 0.717) is 5.56 Å². The summed E-state index contributed by atoms with van der Waals surface area (Å²) in [6.45, 7) is 1.71. The third-order valence-electron chi connectivity index (χ3n) is 3.23. The monoisotopic (exact) mass is 343 g/mol. The minimum atomic E-state index is -4.45. The highest BCUT2D eigenvalue weighted by Gasteiger charge is 2.30. The molecule has 0 bridgehead atoms. The molecule has 0 aliphatic rings. The van der Waals surface area contributed by atoms with Crippen LogP contribution in [0.25, 0.3) is 0 Å². The molecule has 124 valence electrons. The van der Waals surface area contributed by atoms with Crippen LogP contribution in [0.4, 0.5) is 13.2 Å². The predicted molar refractivity (Wildman–Crippen MR) is 82.1 cm³/mol. The van der Waals surface area contributed by atoms with Crippen LogP contribution in [0, 0.1) is 6.92 Å². The van der Waals surface area contributed by atoms with E-state index in [1.807, 2.05) is 6.92 Å². The molecule has 7 heteroatoms. The van der Waals surface area contributed by atoms with Crippen molar-refractivity contribution >= 4 is 10.0 Å². The molecule has 2 rings (SSSR count). The maximum Gasteiger partial charge on any atom is 0.416 e. The Hall–Kier alpha value is -1.86. The van der Waals surface area contributed by atoms with E-state index in [1.54, 1.807) is 24.3 Å². The first-order valence-corrected chi connectivity index (χ1v) is 8.50. The molecule has 1 N–H and O–H groups in total. The molecule has 2 aromatic carbocycles. The molecule has 0 amide bonds. The van der Waals surface area contributed by atoms with Gasteiger partial charge in [0, 0.05) is 6.54 Å². The van der Waals surface area contributed by atoms with Gasteiger partial charge >= 0.3 is 6.18 Å². The fraction of sp³-hybridized carbons (Fsp3) is 0.250. The van der Waals surface area contributed by atoms with Crippen molar-refractivity contribution in [1.82, 2.24) is 4.72 Å². The van der Waals surface area contributed by atoms with E-state index in [2.05, 4.69) is 4.72 Å². The second-order valence-electron chi connectivity index (χ2n) is 5.26. The first-order chi connectivity index (χ1) is 10.7. The lowest BCUT2D eigenvalue weighted by Crippen LogP contribution is -2.24. The van der Waals surface area contributed by atoms with Gasteiger partial charge in [0.15, 0.2) is 0 Å². The lowest BCUT2D eigenvalue weighted by molar-refractivity contribution is -0.137. The Balaban J connectivity index is 2.03. The zero-order valence-corrected chi connectivity index (χ0v) is 13.2.